The SMILES string of the molecule is O=C(COC(=O)CCCOc1ccccc1)NC(=O)Nc1ccc2c(c1)OCCO2. The molecule has 1 heterocycles. The molecule has 30 heavy (non-hydrogen) atoms. The number of urea groups is 1. The molecule has 0 spiro atoms. The highest BCUT2D eigenvalue weighted by Gasteiger charge is 2.14. The van der Waals surface area contributed by atoms with Crippen LogP contribution < -0.4 is 24.8 Å². The Hall–Kier alpha value is -3.75. The molecule has 0 saturated heterocycles. The molecule has 2 aromatic rings. The first-order valence-corrected chi connectivity index (χ1v) is 9.44. The van der Waals surface area contributed by atoms with Gasteiger partial charge in [0, 0.05) is 18.2 Å². The van der Waals surface area contributed by atoms with E-state index in [9.17, 15) is 14.4 Å². The third-order valence-electron chi connectivity index (χ3n) is 3.95. The van der Waals surface area contributed by atoms with Crippen molar-refractivity contribution in [3.05, 3.63) is 48.5 Å². The number of ether oxygens (including phenoxy) is 4. The predicted molar refractivity (Wildman–Crippen MR) is 107 cm³/mol. The average molecular weight is 414 g/mol. The van der Waals surface area contributed by atoms with E-state index in [-0.39, 0.29) is 6.42 Å². The number of hydrogen-bond donors (Lipinski definition) is 2. The number of benzene rings is 2. The summed E-state index contributed by atoms with van der Waals surface area (Å²) in [6.07, 6.45) is 0.545. The second-order valence-electron chi connectivity index (χ2n) is 6.29. The van der Waals surface area contributed by atoms with E-state index >= 15 is 0 Å². The summed E-state index contributed by atoms with van der Waals surface area (Å²) in [7, 11) is 0. The van der Waals surface area contributed by atoms with E-state index in [0.29, 0.717) is 49.2 Å². The van der Waals surface area contributed by atoms with Crippen LogP contribution in [0.2, 0.25) is 0 Å². The lowest BCUT2D eigenvalue weighted by Crippen LogP contribution is -2.37. The van der Waals surface area contributed by atoms with Gasteiger partial charge in [-0.05, 0) is 30.7 Å². The number of amides is 3. The summed E-state index contributed by atoms with van der Waals surface area (Å²) in [5.41, 5.74) is 0.431. The van der Waals surface area contributed by atoms with E-state index in [0.717, 1.165) is 0 Å². The summed E-state index contributed by atoms with van der Waals surface area (Å²) in [6.45, 7) is 0.689. The monoisotopic (exact) mass is 414 g/mol. The number of esters is 1. The van der Waals surface area contributed by atoms with Gasteiger partial charge >= 0.3 is 12.0 Å². The Bertz CT molecular complexity index is 886. The number of anilines is 1. The average Bonchev–Trinajstić information content (AvgIpc) is 2.76. The summed E-state index contributed by atoms with van der Waals surface area (Å²) in [5, 5.41) is 4.59. The lowest BCUT2D eigenvalue weighted by molar-refractivity contribution is -0.148. The maximum absolute atomic E-state index is 11.9. The largest absolute Gasteiger partial charge is 0.494 e. The lowest BCUT2D eigenvalue weighted by Gasteiger charge is -2.19. The summed E-state index contributed by atoms with van der Waals surface area (Å²) in [5.74, 6) is 0.530. The molecule has 0 unspecified atom stereocenters. The topological polar surface area (TPSA) is 112 Å². The van der Waals surface area contributed by atoms with Crippen molar-refractivity contribution in [1.29, 1.82) is 0 Å². The van der Waals surface area contributed by atoms with Crippen LogP contribution in [0.15, 0.2) is 48.5 Å². The van der Waals surface area contributed by atoms with Gasteiger partial charge in [-0.3, -0.25) is 14.9 Å². The second kappa shape index (κ2) is 10.7. The van der Waals surface area contributed by atoms with Crippen molar-refractivity contribution in [1.82, 2.24) is 5.32 Å². The fraction of sp³-hybridized carbons (Fsp3) is 0.286. The number of para-hydroxylation sites is 1. The highest BCUT2D eigenvalue weighted by atomic mass is 16.6. The zero-order chi connectivity index (χ0) is 21.2. The van der Waals surface area contributed by atoms with E-state index in [1.807, 2.05) is 30.3 Å². The number of fused-ring (bicyclic) bond motifs is 1. The molecule has 1 aliphatic rings. The Morgan fingerprint density at radius 2 is 1.73 bits per heavy atom. The van der Waals surface area contributed by atoms with Crippen molar-refractivity contribution >= 4 is 23.6 Å². The fourth-order valence-corrected chi connectivity index (χ4v) is 2.59. The van der Waals surface area contributed by atoms with Crippen LogP contribution in [0, 0.1) is 0 Å². The number of hydrogen-bond acceptors (Lipinski definition) is 7. The van der Waals surface area contributed by atoms with Gasteiger partial charge in [-0.2, -0.15) is 0 Å². The molecule has 0 aliphatic carbocycles. The van der Waals surface area contributed by atoms with Gasteiger partial charge in [0.05, 0.1) is 6.61 Å². The highest BCUT2D eigenvalue weighted by Crippen LogP contribution is 2.32. The normalized spacial score (nSPS) is 11.9. The Morgan fingerprint density at radius 3 is 2.53 bits per heavy atom. The molecule has 3 rings (SSSR count). The molecule has 9 nitrogen and oxygen atoms in total. The van der Waals surface area contributed by atoms with Gasteiger partial charge < -0.3 is 24.3 Å². The molecule has 0 bridgehead atoms. The molecule has 0 fully saturated rings. The molecule has 1 aliphatic heterocycles. The number of rotatable bonds is 8. The first-order valence-electron chi connectivity index (χ1n) is 9.44. The molecule has 3 amide bonds. The lowest BCUT2D eigenvalue weighted by atomic mass is 10.2. The van der Waals surface area contributed by atoms with E-state index in [4.69, 9.17) is 18.9 Å². The summed E-state index contributed by atoms with van der Waals surface area (Å²) >= 11 is 0. The van der Waals surface area contributed by atoms with Gasteiger partial charge in [-0.1, -0.05) is 18.2 Å². The zero-order valence-electron chi connectivity index (χ0n) is 16.2. The highest BCUT2D eigenvalue weighted by molar-refractivity contribution is 6.02. The maximum atomic E-state index is 11.9. The van der Waals surface area contributed by atoms with Crippen LogP contribution in [0.5, 0.6) is 17.2 Å². The van der Waals surface area contributed by atoms with Crippen molar-refractivity contribution in [2.45, 2.75) is 12.8 Å². The quantitative estimate of drug-likeness (QED) is 0.504. The Morgan fingerprint density at radius 1 is 0.967 bits per heavy atom. The molecule has 0 radical (unpaired) electrons. The molecular formula is C21H22N2O7. The summed E-state index contributed by atoms with van der Waals surface area (Å²) < 4.78 is 21.2. The van der Waals surface area contributed by atoms with Crippen LogP contribution in [0.4, 0.5) is 10.5 Å². The first kappa shape index (κ1) is 21.0. The van der Waals surface area contributed by atoms with Gasteiger partial charge in [0.1, 0.15) is 19.0 Å². The van der Waals surface area contributed by atoms with Crippen LogP contribution in [0.1, 0.15) is 12.8 Å². The van der Waals surface area contributed by atoms with E-state index < -0.39 is 24.5 Å². The van der Waals surface area contributed by atoms with Crippen LogP contribution in [0.3, 0.4) is 0 Å². The van der Waals surface area contributed by atoms with Crippen LogP contribution >= 0.6 is 0 Å². The van der Waals surface area contributed by atoms with Crippen molar-refractivity contribution in [2.75, 3.05) is 31.7 Å². The minimum absolute atomic E-state index is 0.101. The molecule has 9 heteroatoms. The standard InChI is InChI=1S/C21H22N2O7/c24-19(14-30-20(25)7-4-10-27-16-5-2-1-3-6-16)23-21(26)22-15-8-9-17-18(13-15)29-12-11-28-17/h1-3,5-6,8-9,13H,4,7,10-12,14H2,(H2,22,23,24,26). The molecule has 2 aromatic carbocycles. The minimum Gasteiger partial charge on any atom is -0.494 e. The summed E-state index contributed by atoms with van der Waals surface area (Å²) in [6, 6.07) is 13.4. The molecule has 2 N–H and O–H groups in total. The van der Waals surface area contributed by atoms with Gasteiger partial charge in [-0.15, -0.1) is 0 Å². The predicted octanol–water partition coefficient (Wildman–Crippen LogP) is 2.51. The number of imide groups is 1. The third kappa shape index (κ3) is 6.69. The Kier molecular flexibility index (Phi) is 7.48. The van der Waals surface area contributed by atoms with Crippen LogP contribution in [-0.4, -0.2) is 44.3 Å². The van der Waals surface area contributed by atoms with Gasteiger partial charge in [-0.25, -0.2) is 4.79 Å². The summed E-state index contributed by atoms with van der Waals surface area (Å²) in [4.78, 5) is 35.4. The van der Waals surface area contributed by atoms with E-state index in [2.05, 4.69) is 10.6 Å². The zero-order valence-corrected chi connectivity index (χ0v) is 16.2. The molecule has 158 valence electrons. The molecule has 0 atom stereocenters. The number of nitrogens with one attached hydrogen (secondary N) is 2. The molecule has 0 aromatic heterocycles. The van der Waals surface area contributed by atoms with Gasteiger partial charge in [0.25, 0.3) is 5.91 Å². The number of carbonyl (C=O) groups excluding carboxylic acids is 3. The van der Waals surface area contributed by atoms with Crippen molar-refractivity contribution in [3.63, 3.8) is 0 Å². The molecule has 0 saturated carbocycles. The molecular weight excluding hydrogens is 392 g/mol. The number of carbonyl (C=O) groups is 3. The van der Waals surface area contributed by atoms with Crippen LogP contribution in [0.25, 0.3) is 0 Å². The first-order chi connectivity index (χ1) is 14.6. The van der Waals surface area contributed by atoms with Crippen molar-refractivity contribution < 1.29 is 33.3 Å². The second-order valence-corrected chi connectivity index (χ2v) is 6.29. The maximum Gasteiger partial charge on any atom is 0.325 e. The Labute approximate surface area is 173 Å². The van der Waals surface area contributed by atoms with Crippen molar-refractivity contribution in [3.8, 4) is 17.2 Å². The third-order valence-corrected chi connectivity index (χ3v) is 3.95. The Balaban J connectivity index is 1.31. The van der Waals surface area contributed by atoms with Gasteiger partial charge in [0.2, 0.25) is 0 Å². The van der Waals surface area contributed by atoms with E-state index in [1.54, 1.807) is 18.2 Å². The van der Waals surface area contributed by atoms with E-state index in [1.165, 1.54) is 0 Å². The minimum atomic E-state index is -0.746. The van der Waals surface area contributed by atoms with Crippen molar-refractivity contribution in [2.24, 2.45) is 0 Å². The van der Waals surface area contributed by atoms with Gasteiger partial charge in [0.15, 0.2) is 18.1 Å². The van der Waals surface area contributed by atoms with Crippen LogP contribution in [-0.2, 0) is 14.3 Å². The smallest absolute Gasteiger partial charge is 0.325 e. The fourth-order valence-electron chi connectivity index (χ4n) is 2.59.